The van der Waals surface area contributed by atoms with Crippen molar-refractivity contribution in [2.45, 2.75) is 26.3 Å². The molecule has 0 saturated heterocycles. The second kappa shape index (κ2) is 5.52. The fourth-order valence-electron chi connectivity index (χ4n) is 1.54. The summed E-state index contributed by atoms with van der Waals surface area (Å²) < 4.78 is 0. The van der Waals surface area contributed by atoms with E-state index in [0.717, 1.165) is 24.4 Å². The highest BCUT2D eigenvalue weighted by atomic mass is 32.1. The number of nitrogens with one attached hydrogen (secondary N) is 1. The molecule has 0 aliphatic heterocycles. The molecule has 5 heteroatoms. The molecule has 0 amide bonds. The van der Waals surface area contributed by atoms with Crippen LogP contribution in [-0.2, 0) is 13.0 Å². The highest BCUT2D eigenvalue weighted by molar-refractivity contribution is 7.20. The van der Waals surface area contributed by atoms with Gasteiger partial charge in [0.05, 0.1) is 16.1 Å². The third-order valence-electron chi connectivity index (χ3n) is 2.25. The normalized spacial score (nSPS) is 10.9. The van der Waals surface area contributed by atoms with Crippen LogP contribution < -0.4 is 5.32 Å². The predicted octanol–water partition coefficient (Wildman–Crippen LogP) is 2.94. The monoisotopic (exact) mass is 253 g/mol. The van der Waals surface area contributed by atoms with Crippen LogP contribution in [0.3, 0.4) is 0 Å². The van der Waals surface area contributed by atoms with Gasteiger partial charge in [-0.2, -0.15) is 0 Å². The first-order valence-corrected chi connectivity index (χ1v) is 7.06. The van der Waals surface area contributed by atoms with Gasteiger partial charge < -0.3 is 5.32 Å². The molecule has 0 radical (unpaired) electrons. The molecule has 3 nitrogen and oxygen atoms in total. The molecular formula is C11H15N3S2. The molecule has 0 aliphatic carbocycles. The standard InChI is InChI=1S/C11H15N3S2/c1-3-4-8-9(5-12-2)16-11(14-8)10-6-13-7-15-10/h6-7,12H,3-5H2,1-2H3. The van der Waals surface area contributed by atoms with Gasteiger partial charge in [0.15, 0.2) is 0 Å². The minimum atomic E-state index is 0.909. The first-order valence-electron chi connectivity index (χ1n) is 5.37. The largest absolute Gasteiger partial charge is 0.315 e. The lowest BCUT2D eigenvalue weighted by molar-refractivity contribution is 0.798. The third kappa shape index (κ3) is 2.48. The van der Waals surface area contributed by atoms with Crippen LogP contribution in [0.1, 0.15) is 23.9 Å². The van der Waals surface area contributed by atoms with E-state index in [2.05, 4.69) is 17.2 Å². The third-order valence-corrected chi connectivity index (χ3v) is 4.29. The molecule has 0 aromatic carbocycles. The van der Waals surface area contributed by atoms with Crippen LogP contribution in [0.4, 0.5) is 0 Å². The maximum absolute atomic E-state index is 4.71. The Morgan fingerprint density at radius 2 is 2.31 bits per heavy atom. The molecule has 2 rings (SSSR count). The maximum Gasteiger partial charge on any atom is 0.135 e. The number of hydrogen-bond donors (Lipinski definition) is 1. The van der Waals surface area contributed by atoms with E-state index in [1.54, 1.807) is 22.7 Å². The van der Waals surface area contributed by atoms with E-state index in [1.807, 2.05) is 18.8 Å². The zero-order valence-electron chi connectivity index (χ0n) is 9.49. The minimum absolute atomic E-state index is 0.909. The molecule has 0 saturated carbocycles. The van der Waals surface area contributed by atoms with Crippen molar-refractivity contribution in [2.75, 3.05) is 7.05 Å². The van der Waals surface area contributed by atoms with Crippen LogP contribution >= 0.6 is 22.7 Å². The SMILES string of the molecule is CCCc1nc(-c2cncs2)sc1CNC. The van der Waals surface area contributed by atoms with Crippen LogP contribution in [0.25, 0.3) is 9.88 Å². The molecule has 0 spiro atoms. The molecule has 0 atom stereocenters. The van der Waals surface area contributed by atoms with Gasteiger partial charge in [-0.25, -0.2) is 4.98 Å². The number of nitrogens with zero attached hydrogens (tertiary/aromatic N) is 2. The van der Waals surface area contributed by atoms with Crippen molar-refractivity contribution in [3.05, 3.63) is 22.3 Å². The second-order valence-electron chi connectivity index (χ2n) is 3.53. The predicted molar refractivity (Wildman–Crippen MR) is 70.0 cm³/mol. The topological polar surface area (TPSA) is 37.8 Å². The summed E-state index contributed by atoms with van der Waals surface area (Å²) in [6, 6.07) is 0. The molecule has 0 unspecified atom stereocenters. The van der Waals surface area contributed by atoms with Gasteiger partial charge in [0, 0.05) is 17.6 Å². The van der Waals surface area contributed by atoms with Gasteiger partial charge in [-0.05, 0) is 13.5 Å². The van der Waals surface area contributed by atoms with Crippen LogP contribution in [0.15, 0.2) is 11.7 Å². The van der Waals surface area contributed by atoms with Gasteiger partial charge in [0.25, 0.3) is 0 Å². The van der Waals surface area contributed by atoms with E-state index in [9.17, 15) is 0 Å². The summed E-state index contributed by atoms with van der Waals surface area (Å²) in [7, 11) is 1.97. The average Bonchev–Trinajstić information content (AvgIpc) is 2.89. The summed E-state index contributed by atoms with van der Waals surface area (Å²) in [6.45, 7) is 3.10. The molecule has 2 aromatic heterocycles. The van der Waals surface area contributed by atoms with E-state index in [1.165, 1.54) is 15.4 Å². The summed E-state index contributed by atoms with van der Waals surface area (Å²) in [4.78, 5) is 11.3. The molecule has 1 N–H and O–H groups in total. The number of aryl methyl sites for hydroxylation is 1. The van der Waals surface area contributed by atoms with E-state index in [-0.39, 0.29) is 0 Å². The lowest BCUT2D eigenvalue weighted by Crippen LogP contribution is -2.05. The van der Waals surface area contributed by atoms with Gasteiger partial charge in [0.2, 0.25) is 0 Å². The lowest BCUT2D eigenvalue weighted by Gasteiger charge is -1.98. The van der Waals surface area contributed by atoms with Gasteiger partial charge in [0.1, 0.15) is 5.01 Å². The maximum atomic E-state index is 4.71. The van der Waals surface area contributed by atoms with Crippen LogP contribution in [0.5, 0.6) is 0 Å². The zero-order valence-corrected chi connectivity index (χ0v) is 11.1. The van der Waals surface area contributed by atoms with Crippen molar-refractivity contribution in [1.29, 1.82) is 0 Å². The first-order chi connectivity index (χ1) is 7.85. The van der Waals surface area contributed by atoms with Gasteiger partial charge >= 0.3 is 0 Å². The van der Waals surface area contributed by atoms with Crippen LogP contribution in [-0.4, -0.2) is 17.0 Å². The highest BCUT2D eigenvalue weighted by Crippen LogP contribution is 2.30. The Balaban J connectivity index is 2.30. The van der Waals surface area contributed by atoms with Gasteiger partial charge in [-0.3, -0.25) is 4.98 Å². The fraction of sp³-hybridized carbons (Fsp3) is 0.455. The Labute approximate surface area is 104 Å². The van der Waals surface area contributed by atoms with E-state index in [0.29, 0.717) is 0 Å². The number of hydrogen-bond acceptors (Lipinski definition) is 5. The number of rotatable bonds is 5. The second-order valence-corrected chi connectivity index (χ2v) is 5.50. The number of thiazole rings is 2. The van der Waals surface area contributed by atoms with Crippen molar-refractivity contribution in [3.63, 3.8) is 0 Å². The van der Waals surface area contributed by atoms with Gasteiger partial charge in [-0.1, -0.05) is 13.3 Å². The fourth-order valence-corrected chi connectivity index (χ4v) is 3.34. The smallest absolute Gasteiger partial charge is 0.135 e. The molecule has 86 valence electrons. The number of aromatic nitrogens is 2. The van der Waals surface area contributed by atoms with Gasteiger partial charge in [-0.15, -0.1) is 22.7 Å². The van der Waals surface area contributed by atoms with E-state index >= 15 is 0 Å². The molecule has 2 heterocycles. The van der Waals surface area contributed by atoms with Crippen molar-refractivity contribution in [3.8, 4) is 9.88 Å². The highest BCUT2D eigenvalue weighted by Gasteiger charge is 2.12. The summed E-state index contributed by atoms with van der Waals surface area (Å²) in [5.74, 6) is 0. The molecule has 0 bridgehead atoms. The first kappa shape index (κ1) is 11.7. The van der Waals surface area contributed by atoms with Crippen molar-refractivity contribution in [1.82, 2.24) is 15.3 Å². The average molecular weight is 253 g/mol. The summed E-state index contributed by atoms with van der Waals surface area (Å²) in [5, 5.41) is 4.31. The Kier molecular flexibility index (Phi) is 4.04. The van der Waals surface area contributed by atoms with Crippen molar-refractivity contribution < 1.29 is 0 Å². The van der Waals surface area contributed by atoms with Crippen molar-refractivity contribution >= 4 is 22.7 Å². The summed E-state index contributed by atoms with van der Waals surface area (Å²) in [5.41, 5.74) is 3.10. The molecule has 2 aromatic rings. The molecule has 0 aliphatic rings. The Hall–Kier alpha value is -0.780. The van der Waals surface area contributed by atoms with Crippen molar-refractivity contribution in [2.24, 2.45) is 0 Å². The van der Waals surface area contributed by atoms with Crippen LogP contribution in [0, 0.1) is 0 Å². The summed E-state index contributed by atoms with van der Waals surface area (Å²) in [6.07, 6.45) is 4.09. The van der Waals surface area contributed by atoms with Crippen LogP contribution in [0.2, 0.25) is 0 Å². The van der Waals surface area contributed by atoms with E-state index < -0.39 is 0 Å². The Morgan fingerprint density at radius 3 is 2.94 bits per heavy atom. The molecule has 0 fully saturated rings. The zero-order chi connectivity index (χ0) is 11.4. The lowest BCUT2D eigenvalue weighted by atomic mass is 10.2. The molecular weight excluding hydrogens is 238 g/mol. The summed E-state index contributed by atoms with van der Waals surface area (Å²) >= 11 is 3.43. The quantitative estimate of drug-likeness (QED) is 0.890. The molecule has 16 heavy (non-hydrogen) atoms. The van der Waals surface area contributed by atoms with E-state index in [4.69, 9.17) is 4.98 Å². The Bertz CT molecular complexity index is 411. The minimum Gasteiger partial charge on any atom is -0.315 e. The Morgan fingerprint density at radius 1 is 1.44 bits per heavy atom.